The average Bonchev–Trinajstić information content (AvgIpc) is 3.75. The van der Waals surface area contributed by atoms with Crippen LogP contribution in [-0.4, -0.2) is 54.4 Å². The van der Waals surface area contributed by atoms with Gasteiger partial charge in [0.05, 0.1) is 50.9 Å². The predicted molar refractivity (Wildman–Crippen MR) is 172 cm³/mol. The van der Waals surface area contributed by atoms with E-state index in [-0.39, 0.29) is 52.8 Å². The number of aromatic amines is 1. The molecule has 2 aliphatic rings. The number of nitrogens with zero attached hydrogens (tertiary/aromatic N) is 1. The van der Waals surface area contributed by atoms with E-state index in [2.05, 4.69) is 15.3 Å². The number of rotatable bonds is 8. The largest absolute Gasteiger partial charge is 0.497 e. The molecule has 0 saturated carbocycles. The lowest BCUT2D eigenvalue weighted by molar-refractivity contribution is -0.120. The Kier molecular flexibility index (Phi) is 7.62. The Morgan fingerprint density at radius 1 is 1.04 bits per heavy atom. The maximum atomic E-state index is 14.7. The number of H-pyrrole nitrogens is 1. The van der Waals surface area contributed by atoms with Crippen LogP contribution in [0.25, 0.3) is 22.4 Å². The number of amides is 1. The normalized spacial score (nSPS) is 18.1. The second-order valence-electron chi connectivity index (χ2n) is 11.6. The number of hydrogen-bond acceptors (Lipinski definition) is 9. The van der Waals surface area contributed by atoms with Gasteiger partial charge in [-0.2, -0.15) is 0 Å². The number of halogens is 2. The molecule has 0 fully saturated rings. The van der Waals surface area contributed by atoms with Crippen LogP contribution in [0.15, 0.2) is 52.9 Å². The number of Topliss-reactive ketones (excluding diaryl/α,β-unsaturated/α-hetero) is 2. The maximum Gasteiger partial charge on any atom is 0.237 e. The molecule has 2 N–H and O–H groups in total. The number of fused-ring (bicyclic) bond motifs is 3. The third-order valence-electron chi connectivity index (χ3n) is 8.88. The molecule has 2 aromatic heterocycles. The van der Waals surface area contributed by atoms with Crippen molar-refractivity contribution in [2.24, 2.45) is 5.92 Å². The highest BCUT2D eigenvalue weighted by Gasteiger charge is 2.63. The van der Waals surface area contributed by atoms with Gasteiger partial charge in [0.1, 0.15) is 51.0 Å². The summed E-state index contributed by atoms with van der Waals surface area (Å²) in [5.74, 6) is -0.796. The molecular formula is C35H29ClFN3O8. The van der Waals surface area contributed by atoms with Crippen molar-refractivity contribution in [2.45, 2.75) is 31.9 Å². The molecule has 5 aromatic rings. The van der Waals surface area contributed by atoms with E-state index in [1.54, 1.807) is 38.3 Å². The number of hydrogen-bond donors (Lipinski definition) is 2. The number of carbonyl (C=O) groups is 3. The van der Waals surface area contributed by atoms with Crippen LogP contribution >= 0.6 is 11.6 Å². The van der Waals surface area contributed by atoms with Crippen molar-refractivity contribution in [1.82, 2.24) is 15.3 Å². The molecule has 3 heterocycles. The van der Waals surface area contributed by atoms with E-state index in [9.17, 15) is 18.8 Å². The van der Waals surface area contributed by atoms with Gasteiger partial charge in [0.25, 0.3) is 0 Å². The molecule has 48 heavy (non-hydrogen) atoms. The standard InChI is InChI=1S/C35H29ClFN3O8/c1-16-11-24-28(33(42)35(16)34(43)29-23(45-3)14-25(46-4)30(36)32(29)48-35)20(31(47-24)17-5-8-19(44-2)9-6-17)13-27(41)38-15-26-39-21-10-7-18(37)12-22(21)40-26/h5-10,12,14,16H,11,13,15H2,1-4H3,(H,38,41)(H,39,40)/t16-,35+/m1/s1. The third kappa shape index (κ3) is 4.78. The minimum Gasteiger partial charge on any atom is -0.497 e. The minimum absolute atomic E-state index is 0.00889. The van der Waals surface area contributed by atoms with Crippen LogP contribution in [0.1, 0.15) is 44.8 Å². The number of methoxy groups -OCH3 is 3. The molecule has 246 valence electrons. The van der Waals surface area contributed by atoms with Crippen LogP contribution in [0.3, 0.4) is 0 Å². The zero-order chi connectivity index (χ0) is 33.9. The Hall–Kier alpha value is -5.36. The van der Waals surface area contributed by atoms with E-state index in [0.717, 1.165) is 0 Å². The van der Waals surface area contributed by atoms with Crippen LogP contribution in [-0.2, 0) is 24.2 Å². The van der Waals surface area contributed by atoms with E-state index >= 15 is 0 Å². The highest BCUT2D eigenvalue weighted by atomic mass is 35.5. The lowest BCUT2D eigenvalue weighted by atomic mass is 9.70. The van der Waals surface area contributed by atoms with E-state index in [0.29, 0.717) is 45.3 Å². The fourth-order valence-corrected chi connectivity index (χ4v) is 6.76. The number of ketones is 2. The van der Waals surface area contributed by atoms with Crippen molar-refractivity contribution >= 4 is 40.1 Å². The summed E-state index contributed by atoms with van der Waals surface area (Å²) in [5.41, 5.74) is 0.0673. The van der Waals surface area contributed by atoms with Gasteiger partial charge in [-0.3, -0.25) is 14.4 Å². The molecule has 1 aliphatic heterocycles. The summed E-state index contributed by atoms with van der Waals surface area (Å²) in [6.45, 7) is 1.74. The lowest BCUT2D eigenvalue weighted by Crippen LogP contribution is -2.56. The fraction of sp³-hybridized carbons (Fsp3) is 0.257. The molecule has 1 spiro atoms. The molecule has 0 unspecified atom stereocenters. The van der Waals surface area contributed by atoms with Crippen molar-refractivity contribution in [3.8, 4) is 34.3 Å². The van der Waals surface area contributed by atoms with Gasteiger partial charge in [-0.1, -0.05) is 18.5 Å². The van der Waals surface area contributed by atoms with Gasteiger partial charge in [-0.05, 0) is 42.5 Å². The maximum absolute atomic E-state index is 14.7. The smallest absolute Gasteiger partial charge is 0.237 e. The number of ether oxygens (including phenoxy) is 4. The first-order chi connectivity index (χ1) is 23.1. The molecule has 1 aliphatic carbocycles. The van der Waals surface area contributed by atoms with Crippen LogP contribution < -0.4 is 24.3 Å². The van der Waals surface area contributed by atoms with Gasteiger partial charge in [-0.25, -0.2) is 9.37 Å². The van der Waals surface area contributed by atoms with Crippen molar-refractivity contribution < 1.29 is 42.1 Å². The fourth-order valence-electron chi connectivity index (χ4n) is 6.50. The number of aromatic nitrogens is 2. The van der Waals surface area contributed by atoms with Gasteiger partial charge in [-0.15, -0.1) is 0 Å². The molecule has 13 heteroatoms. The van der Waals surface area contributed by atoms with Crippen molar-refractivity contribution in [1.29, 1.82) is 0 Å². The van der Waals surface area contributed by atoms with Gasteiger partial charge < -0.3 is 33.7 Å². The van der Waals surface area contributed by atoms with E-state index < -0.39 is 34.8 Å². The Balaban J connectivity index is 1.28. The zero-order valence-corrected chi connectivity index (χ0v) is 27.0. The van der Waals surface area contributed by atoms with E-state index in [4.69, 9.17) is 35.0 Å². The molecule has 0 radical (unpaired) electrons. The average molecular weight is 674 g/mol. The Morgan fingerprint density at radius 2 is 1.77 bits per heavy atom. The summed E-state index contributed by atoms with van der Waals surface area (Å²) in [5, 5.41) is 2.84. The van der Waals surface area contributed by atoms with Gasteiger partial charge in [0, 0.05) is 29.5 Å². The number of furan rings is 1. The Morgan fingerprint density at radius 3 is 2.48 bits per heavy atom. The predicted octanol–water partition coefficient (Wildman–Crippen LogP) is 5.89. The summed E-state index contributed by atoms with van der Waals surface area (Å²) in [7, 11) is 4.35. The first-order valence-corrected chi connectivity index (χ1v) is 15.4. The molecule has 1 amide bonds. The molecule has 0 saturated heterocycles. The topological polar surface area (TPSA) is 142 Å². The second-order valence-corrected chi connectivity index (χ2v) is 12.0. The van der Waals surface area contributed by atoms with Crippen LogP contribution in [0.2, 0.25) is 5.02 Å². The summed E-state index contributed by atoms with van der Waals surface area (Å²) in [6.07, 6.45) is -0.123. The highest BCUT2D eigenvalue weighted by Crippen LogP contribution is 2.54. The van der Waals surface area contributed by atoms with Crippen molar-refractivity contribution in [3.05, 3.63) is 87.6 Å². The summed E-state index contributed by atoms with van der Waals surface area (Å²) < 4.78 is 42.5. The molecule has 11 nitrogen and oxygen atoms in total. The van der Waals surface area contributed by atoms with E-state index in [1.165, 1.54) is 38.5 Å². The second kappa shape index (κ2) is 11.7. The first-order valence-electron chi connectivity index (χ1n) is 15.0. The van der Waals surface area contributed by atoms with Gasteiger partial charge in [0.2, 0.25) is 23.1 Å². The SMILES string of the molecule is COc1ccc(-c2oc3c(c2CC(=O)NCc2nc4ccc(F)cc4[nH]2)C(=O)[C@@]2(Oc4c(Cl)c(OC)cc(OC)c4C2=O)[C@H](C)C3)cc1. The van der Waals surface area contributed by atoms with Crippen molar-refractivity contribution in [2.75, 3.05) is 21.3 Å². The highest BCUT2D eigenvalue weighted by molar-refractivity contribution is 6.36. The number of imidazole rings is 1. The van der Waals surface area contributed by atoms with Crippen molar-refractivity contribution in [3.63, 3.8) is 0 Å². The molecule has 0 bridgehead atoms. The summed E-state index contributed by atoms with van der Waals surface area (Å²) in [6, 6.07) is 12.6. The van der Waals surface area contributed by atoms with Gasteiger partial charge >= 0.3 is 0 Å². The Labute approximate surface area is 278 Å². The van der Waals surface area contributed by atoms with Crippen LogP contribution in [0.5, 0.6) is 23.0 Å². The number of carbonyl (C=O) groups excluding carboxylic acids is 3. The first kappa shape index (κ1) is 31.3. The van der Waals surface area contributed by atoms with E-state index in [1.807, 2.05) is 0 Å². The monoisotopic (exact) mass is 673 g/mol. The third-order valence-corrected chi connectivity index (χ3v) is 9.24. The molecular weight excluding hydrogens is 645 g/mol. The number of nitrogens with one attached hydrogen (secondary N) is 2. The van der Waals surface area contributed by atoms with Gasteiger partial charge in [0.15, 0.2) is 5.75 Å². The van der Waals surface area contributed by atoms with Crippen LogP contribution in [0.4, 0.5) is 4.39 Å². The quantitative estimate of drug-likeness (QED) is 0.193. The number of benzene rings is 3. The zero-order valence-electron chi connectivity index (χ0n) is 26.3. The Bertz CT molecular complexity index is 2140. The molecule has 7 rings (SSSR count). The summed E-state index contributed by atoms with van der Waals surface area (Å²) in [4.78, 5) is 49.9. The lowest BCUT2D eigenvalue weighted by Gasteiger charge is -2.35. The minimum atomic E-state index is -1.99. The molecule has 3 aromatic carbocycles. The summed E-state index contributed by atoms with van der Waals surface area (Å²) >= 11 is 6.60. The molecule has 2 atom stereocenters. The van der Waals surface area contributed by atoms with Crippen LogP contribution in [0, 0.1) is 11.7 Å².